The molecule has 1 N–H and O–H groups in total. The highest BCUT2D eigenvalue weighted by Gasteiger charge is 2.21. The first-order chi connectivity index (χ1) is 8.99. The van der Waals surface area contributed by atoms with Crippen molar-refractivity contribution in [1.82, 2.24) is 0 Å². The van der Waals surface area contributed by atoms with Crippen LogP contribution in [0.2, 0.25) is 0 Å². The topological polar surface area (TPSA) is 40.5 Å². The first-order valence-corrected chi connectivity index (χ1v) is 7.06. The molecule has 3 heteroatoms. The van der Waals surface area contributed by atoms with Crippen molar-refractivity contribution in [3.05, 3.63) is 29.8 Å². The molecule has 19 heavy (non-hydrogen) atoms. The summed E-state index contributed by atoms with van der Waals surface area (Å²) < 4.78 is 0. The maximum absolute atomic E-state index is 11.2. The maximum atomic E-state index is 11.2. The quantitative estimate of drug-likeness (QED) is 0.819. The summed E-state index contributed by atoms with van der Waals surface area (Å²) >= 11 is 0. The van der Waals surface area contributed by atoms with Gasteiger partial charge in [-0.25, -0.2) is 0 Å². The average molecular weight is 263 g/mol. The van der Waals surface area contributed by atoms with Gasteiger partial charge < -0.3 is 10.0 Å². The molecule has 106 valence electrons. The van der Waals surface area contributed by atoms with E-state index < -0.39 is 5.97 Å². The van der Waals surface area contributed by atoms with Crippen LogP contribution in [0.4, 0.5) is 5.69 Å². The minimum Gasteiger partial charge on any atom is -0.481 e. The van der Waals surface area contributed by atoms with Crippen LogP contribution in [0.3, 0.4) is 0 Å². The van der Waals surface area contributed by atoms with E-state index in [0.29, 0.717) is 6.42 Å². The Morgan fingerprint density at radius 2 is 1.68 bits per heavy atom. The molecular formula is C16H25NO2. The Morgan fingerprint density at radius 3 is 2.05 bits per heavy atom. The molecular weight excluding hydrogens is 238 g/mol. The molecule has 1 aromatic rings. The van der Waals surface area contributed by atoms with Crippen molar-refractivity contribution in [3.63, 3.8) is 0 Å². The van der Waals surface area contributed by atoms with Crippen molar-refractivity contribution < 1.29 is 9.90 Å². The number of carboxylic acids is 1. The van der Waals surface area contributed by atoms with Gasteiger partial charge in [-0.3, -0.25) is 4.79 Å². The van der Waals surface area contributed by atoms with Gasteiger partial charge in [0.2, 0.25) is 0 Å². The molecule has 1 unspecified atom stereocenters. The lowest BCUT2D eigenvalue weighted by Crippen LogP contribution is -2.23. The van der Waals surface area contributed by atoms with Crippen LogP contribution in [-0.2, 0) is 11.2 Å². The molecule has 0 spiro atoms. The molecule has 0 amide bonds. The third-order valence-corrected chi connectivity index (χ3v) is 3.64. The maximum Gasteiger partial charge on any atom is 0.307 e. The lowest BCUT2D eigenvalue weighted by atomic mass is 9.89. The molecule has 0 heterocycles. The predicted molar refractivity (Wildman–Crippen MR) is 79.7 cm³/mol. The van der Waals surface area contributed by atoms with E-state index in [1.807, 2.05) is 26.0 Å². The summed E-state index contributed by atoms with van der Waals surface area (Å²) in [5, 5.41) is 9.22. The third kappa shape index (κ3) is 4.27. The summed E-state index contributed by atoms with van der Waals surface area (Å²) in [6, 6.07) is 8.26. The molecule has 1 atom stereocenters. The van der Waals surface area contributed by atoms with Crippen LogP contribution < -0.4 is 4.90 Å². The number of aliphatic carboxylic acids is 1. The Bertz CT molecular complexity index is 394. The highest BCUT2D eigenvalue weighted by molar-refractivity contribution is 5.70. The monoisotopic (exact) mass is 263 g/mol. The van der Waals surface area contributed by atoms with Gasteiger partial charge >= 0.3 is 5.97 Å². The standard InChI is InChI=1S/C16H25NO2/c1-5-17(6-2)14-9-7-13(8-10-14)11-15(12(3)4)16(18)19/h7-10,12,15H,5-6,11H2,1-4H3,(H,18,19). The largest absolute Gasteiger partial charge is 0.481 e. The Labute approximate surface area is 116 Å². The minimum atomic E-state index is -0.706. The van der Waals surface area contributed by atoms with Crippen LogP contribution in [-0.4, -0.2) is 24.2 Å². The Hall–Kier alpha value is -1.51. The fraction of sp³-hybridized carbons (Fsp3) is 0.562. The molecule has 0 aliphatic rings. The minimum absolute atomic E-state index is 0.153. The van der Waals surface area contributed by atoms with Gasteiger partial charge in [0.15, 0.2) is 0 Å². The molecule has 0 bridgehead atoms. The number of carboxylic acid groups (broad SMARTS) is 1. The van der Waals surface area contributed by atoms with Gasteiger partial charge in [0.1, 0.15) is 0 Å². The number of rotatable bonds is 7. The van der Waals surface area contributed by atoms with E-state index in [-0.39, 0.29) is 11.8 Å². The van der Waals surface area contributed by atoms with Crippen molar-refractivity contribution in [2.75, 3.05) is 18.0 Å². The number of hydrogen-bond donors (Lipinski definition) is 1. The number of benzene rings is 1. The average Bonchev–Trinajstić information content (AvgIpc) is 2.38. The van der Waals surface area contributed by atoms with Crippen LogP contribution in [0.1, 0.15) is 33.3 Å². The van der Waals surface area contributed by atoms with Crippen molar-refractivity contribution in [2.45, 2.75) is 34.1 Å². The Balaban J connectivity index is 2.78. The Morgan fingerprint density at radius 1 is 1.16 bits per heavy atom. The molecule has 0 saturated carbocycles. The van der Waals surface area contributed by atoms with Crippen LogP contribution in [0.15, 0.2) is 24.3 Å². The molecule has 0 saturated heterocycles. The molecule has 3 nitrogen and oxygen atoms in total. The zero-order valence-electron chi connectivity index (χ0n) is 12.4. The van der Waals surface area contributed by atoms with Gasteiger partial charge in [-0.15, -0.1) is 0 Å². The summed E-state index contributed by atoms with van der Waals surface area (Å²) in [6.07, 6.45) is 0.603. The van der Waals surface area contributed by atoms with Crippen LogP contribution in [0.25, 0.3) is 0 Å². The smallest absolute Gasteiger partial charge is 0.307 e. The third-order valence-electron chi connectivity index (χ3n) is 3.64. The van der Waals surface area contributed by atoms with E-state index in [0.717, 1.165) is 18.7 Å². The van der Waals surface area contributed by atoms with Crippen molar-refractivity contribution >= 4 is 11.7 Å². The van der Waals surface area contributed by atoms with E-state index in [9.17, 15) is 9.90 Å². The van der Waals surface area contributed by atoms with Gasteiger partial charge in [-0.2, -0.15) is 0 Å². The molecule has 0 radical (unpaired) electrons. The summed E-state index contributed by atoms with van der Waals surface area (Å²) in [5.74, 6) is -0.859. The summed E-state index contributed by atoms with van der Waals surface area (Å²) in [4.78, 5) is 13.5. The number of anilines is 1. The van der Waals surface area contributed by atoms with Crippen molar-refractivity contribution in [1.29, 1.82) is 0 Å². The first kappa shape index (κ1) is 15.5. The zero-order valence-corrected chi connectivity index (χ0v) is 12.4. The van der Waals surface area contributed by atoms with E-state index in [2.05, 4.69) is 30.9 Å². The predicted octanol–water partition coefficient (Wildman–Crippen LogP) is 3.43. The van der Waals surface area contributed by atoms with E-state index in [4.69, 9.17) is 0 Å². The fourth-order valence-corrected chi connectivity index (χ4v) is 2.29. The molecule has 0 aliphatic heterocycles. The number of nitrogens with zero attached hydrogens (tertiary/aromatic N) is 1. The lowest BCUT2D eigenvalue weighted by Gasteiger charge is -2.21. The molecule has 0 aromatic heterocycles. The van der Waals surface area contributed by atoms with Crippen molar-refractivity contribution in [2.24, 2.45) is 11.8 Å². The second kappa shape index (κ2) is 7.17. The second-order valence-electron chi connectivity index (χ2n) is 5.23. The molecule has 1 aromatic carbocycles. The van der Waals surface area contributed by atoms with E-state index >= 15 is 0 Å². The molecule has 1 rings (SSSR count). The SMILES string of the molecule is CCN(CC)c1ccc(CC(C(=O)O)C(C)C)cc1. The van der Waals surface area contributed by atoms with E-state index in [1.54, 1.807) is 0 Å². The highest BCUT2D eigenvalue weighted by atomic mass is 16.4. The summed E-state index contributed by atoms with van der Waals surface area (Å²) in [7, 11) is 0. The van der Waals surface area contributed by atoms with E-state index in [1.165, 1.54) is 5.69 Å². The summed E-state index contributed by atoms with van der Waals surface area (Å²) in [5.41, 5.74) is 2.29. The van der Waals surface area contributed by atoms with Gasteiger partial charge in [-0.05, 0) is 43.9 Å². The number of hydrogen-bond acceptors (Lipinski definition) is 2. The highest BCUT2D eigenvalue weighted by Crippen LogP contribution is 2.20. The lowest BCUT2D eigenvalue weighted by molar-refractivity contribution is -0.143. The number of carbonyl (C=O) groups is 1. The Kier molecular flexibility index (Phi) is 5.87. The molecule has 0 fully saturated rings. The summed E-state index contributed by atoms with van der Waals surface area (Å²) in [6.45, 7) is 10.2. The van der Waals surface area contributed by atoms with Crippen LogP contribution in [0, 0.1) is 11.8 Å². The van der Waals surface area contributed by atoms with Crippen LogP contribution >= 0.6 is 0 Å². The normalized spacial score (nSPS) is 12.5. The van der Waals surface area contributed by atoms with Gasteiger partial charge in [0.25, 0.3) is 0 Å². The zero-order chi connectivity index (χ0) is 14.4. The second-order valence-corrected chi connectivity index (χ2v) is 5.23. The van der Waals surface area contributed by atoms with Gasteiger partial charge in [0, 0.05) is 18.8 Å². The van der Waals surface area contributed by atoms with Gasteiger partial charge in [0.05, 0.1) is 5.92 Å². The van der Waals surface area contributed by atoms with Crippen molar-refractivity contribution in [3.8, 4) is 0 Å². The molecule has 0 aliphatic carbocycles. The first-order valence-electron chi connectivity index (χ1n) is 7.06. The van der Waals surface area contributed by atoms with Gasteiger partial charge in [-0.1, -0.05) is 26.0 Å². The fourth-order valence-electron chi connectivity index (χ4n) is 2.29. The van der Waals surface area contributed by atoms with Crippen LogP contribution in [0.5, 0.6) is 0 Å².